The van der Waals surface area contributed by atoms with Crippen LogP contribution in [-0.4, -0.2) is 15.6 Å². The van der Waals surface area contributed by atoms with Crippen LogP contribution in [0.25, 0.3) is 0 Å². The predicted molar refractivity (Wildman–Crippen MR) is 87.7 cm³/mol. The Morgan fingerprint density at radius 3 is 2.52 bits per heavy atom. The minimum atomic E-state index is 0.595. The highest BCUT2D eigenvalue weighted by Crippen LogP contribution is 2.22. The molecule has 1 heterocycles. The van der Waals surface area contributed by atoms with Gasteiger partial charge in [-0.2, -0.15) is 0 Å². The largest absolute Gasteiger partial charge is 0.353 e. The van der Waals surface area contributed by atoms with Crippen LogP contribution in [0.15, 0.2) is 30.5 Å². The van der Waals surface area contributed by atoms with Crippen molar-refractivity contribution in [2.75, 3.05) is 5.32 Å². The molecule has 1 aliphatic rings. The molecule has 0 unspecified atom stereocenters. The Morgan fingerprint density at radius 1 is 1.10 bits per heavy atom. The lowest BCUT2D eigenvalue weighted by Crippen LogP contribution is -2.24. The molecule has 3 nitrogen and oxygen atoms in total. The molecule has 1 aromatic carbocycles. The van der Waals surface area contributed by atoms with E-state index in [-0.39, 0.29) is 0 Å². The molecule has 21 heavy (non-hydrogen) atoms. The summed E-state index contributed by atoms with van der Waals surface area (Å²) >= 11 is 0. The number of rotatable bonds is 4. The van der Waals surface area contributed by atoms with Crippen LogP contribution in [0.1, 0.15) is 48.9 Å². The standard InChI is InChI=1S/C18H25N3/c1-14-8-10-16(11-9-14)13-21-12-15(2)19-18(21)20-17-6-4-3-5-7-17/h8-12,17H,3-7,13H2,1-2H3,(H,19,20). The zero-order valence-electron chi connectivity index (χ0n) is 13.1. The first-order valence-corrected chi connectivity index (χ1v) is 8.06. The highest BCUT2D eigenvalue weighted by Gasteiger charge is 2.16. The zero-order chi connectivity index (χ0) is 14.7. The molecule has 0 amide bonds. The van der Waals surface area contributed by atoms with Crippen molar-refractivity contribution in [3.8, 4) is 0 Å². The Morgan fingerprint density at radius 2 is 1.81 bits per heavy atom. The normalized spacial score (nSPS) is 16.1. The fraction of sp³-hybridized carbons (Fsp3) is 0.500. The Kier molecular flexibility index (Phi) is 4.28. The summed E-state index contributed by atoms with van der Waals surface area (Å²) in [6, 6.07) is 9.35. The molecule has 0 atom stereocenters. The number of hydrogen-bond acceptors (Lipinski definition) is 2. The lowest BCUT2D eigenvalue weighted by Gasteiger charge is -2.23. The van der Waals surface area contributed by atoms with Gasteiger partial charge in [-0.25, -0.2) is 4.98 Å². The Labute approximate surface area is 127 Å². The molecule has 0 spiro atoms. The van der Waals surface area contributed by atoms with Gasteiger partial charge in [0, 0.05) is 12.2 Å². The van der Waals surface area contributed by atoms with Gasteiger partial charge in [0.2, 0.25) is 5.95 Å². The first kappa shape index (κ1) is 14.2. The molecule has 1 aliphatic carbocycles. The molecule has 0 saturated heterocycles. The Balaban J connectivity index is 1.73. The maximum absolute atomic E-state index is 4.67. The lowest BCUT2D eigenvalue weighted by molar-refractivity contribution is 0.459. The number of aryl methyl sites for hydroxylation is 2. The summed E-state index contributed by atoms with van der Waals surface area (Å²) in [5.74, 6) is 1.03. The van der Waals surface area contributed by atoms with Crippen LogP contribution < -0.4 is 5.32 Å². The van der Waals surface area contributed by atoms with E-state index in [1.54, 1.807) is 0 Å². The maximum atomic E-state index is 4.67. The van der Waals surface area contributed by atoms with E-state index >= 15 is 0 Å². The van der Waals surface area contributed by atoms with Crippen LogP contribution in [-0.2, 0) is 6.54 Å². The fourth-order valence-corrected chi connectivity index (χ4v) is 3.10. The van der Waals surface area contributed by atoms with Crippen LogP contribution >= 0.6 is 0 Å². The third-order valence-corrected chi connectivity index (χ3v) is 4.31. The van der Waals surface area contributed by atoms with Crippen molar-refractivity contribution in [3.05, 3.63) is 47.3 Å². The van der Waals surface area contributed by atoms with Crippen molar-refractivity contribution in [2.24, 2.45) is 0 Å². The second-order valence-corrected chi connectivity index (χ2v) is 6.30. The van der Waals surface area contributed by atoms with Gasteiger partial charge >= 0.3 is 0 Å². The van der Waals surface area contributed by atoms with Gasteiger partial charge in [0.25, 0.3) is 0 Å². The summed E-state index contributed by atoms with van der Waals surface area (Å²) in [5.41, 5.74) is 3.71. The van der Waals surface area contributed by atoms with Gasteiger partial charge in [0.05, 0.1) is 12.2 Å². The second-order valence-electron chi connectivity index (χ2n) is 6.30. The van der Waals surface area contributed by atoms with E-state index in [9.17, 15) is 0 Å². The topological polar surface area (TPSA) is 29.9 Å². The molecule has 1 fully saturated rings. The van der Waals surface area contributed by atoms with E-state index < -0.39 is 0 Å². The number of aromatic nitrogens is 2. The van der Waals surface area contributed by atoms with Gasteiger partial charge in [-0.3, -0.25) is 0 Å². The van der Waals surface area contributed by atoms with E-state index in [2.05, 4.69) is 59.2 Å². The molecule has 112 valence electrons. The molecule has 0 radical (unpaired) electrons. The van der Waals surface area contributed by atoms with E-state index in [1.807, 2.05) is 0 Å². The SMILES string of the molecule is Cc1ccc(Cn2cc(C)nc2NC2CCCCC2)cc1. The number of anilines is 1. The van der Waals surface area contributed by atoms with Gasteiger partial charge in [-0.15, -0.1) is 0 Å². The fourth-order valence-electron chi connectivity index (χ4n) is 3.10. The molecule has 1 saturated carbocycles. The smallest absolute Gasteiger partial charge is 0.203 e. The van der Waals surface area contributed by atoms with Crippen LogP contribution in [0.3, 0.4) is 0 Å². The summed E-state index contributed by atoms with van der Waals surface area (Å²) in [7, 11) is 0. The second kappa shape index (κ2) is 6.33. The number of nitrogens with zero attached hydrogens (tertiary/aromatic N) is 2. The van der Waals surface area contributed by atoms with Crippen LogP contribution in [0, 0.1) is 13.8 Å². The van der Waals surface area contributed by atoms with Crippen molar-refractivity contribution >= 4 is 5.95 Å². The van der Waals surface area contributed by atoms with E-state index in [0.29, 0.717) is 6.04 Å². The van der Waals surface area contributed by atoms with E-state index in [4.69, 9.17) is 0 Å². The first-order chi connectivity index (χ1) is 10.2. The lowest BCUT2D eigenvalue weighted by atomic mass is 9.96. The number of nitrogens with one attached hydrogen (secondary N) is 1. The maximum Gasteiger partial charge on any atom is 0.203 e. The summed E-state index contributed by atoms with van der Waals surface area (Å²) in [5, 5.41) is 3.65. The van der Waals surface area contributed by atoms with Crippen LogP contribution in [0.2, 0.25) is 0 Å². The first-order valence-electron chi connectivity index (χ1n) is 8.06. The van der Waals surface area contributed by atoms with Crippen molar-refractivity contribution in [2.45, 2.75) is 58.5 Å². The molecule has 3 heteroatoms. The zero-order valence-corrected chi connectivity index (χ0v) is 13.1. The van der Waals surface area contributed by atoms with Gasteiger partial charge < -0.3 is 9.88 Å². The molecule has 2 aromatic rings. The van der Waals surface area contributed by atoms with Gasteiger partial charge in [0.15, 0.2) is 0 Å². The van der Waals surface area contributed by atoms with Crippen molar-refractivity contribution in [1.29, 1.82) is 0 Å². The molecule has 0 bridgehead atoms. The molecule has 1 N–H and O–H groups in total. The number of hydrogen-bond donors (Lipinski definition) is 1. The quantitative estimate of drug-likeness (QED) is 0.907. The summed E-state index contributed by atoms with van der Waals surface area (Å²) in [6.45, 7) is 5.08. The minimum absolute atomic E-state index is 0.595. The highest BCUT2D eigenvalue weighted by atomic mass is 15.2. The van der Waals surface area contributed by atoms with Gasteiger partial charge in [0.1, 0.15) is 0 Å². The highest BCUT2D eigenvalue weighted by molar-refractivity contribution is 5.32. The average Bonchev–Trinajstić information content (AvgIpc) is 2.82. The van der Waals surface area contributed by atoms with E-state index in [0.717, 1.165) is 18.2 Å². The number of imidazole rings is 1. The molecule has 1 aromatic heterocycles. The Bertz CT molecular complexity index is 577. The minimum Gasteiger partial charge on any atom is -0.353 e. The van der Waals surface area contributed by atoms with Crippen molar-refractivity contribution in [3.63, 3.8) is 0 Å². The summed E-state index contributed by atoms with van der Waals surface area (Å²) in [4.78, 5) is 4.67. The third kappa shape index (κ3) is 3.66. The van der Waals surface area contributed by atoms with Gasteiger partial charge in [-0.05, 0) is 32.3 Å². The molecular formula is C18H25N3. The molecular weight excluding hydrogens is 258 g/mol. The predicted octanol–water partition coefficient (Wildman–Crippen LogP) is 4.29. The summed E-state index contributed by atoms with van der Waals surface area (Å²) in [6.07, 6.45) is 8.76. The summed E-state index contributed by atoms with van der Waals surface area (Å²) < 4.78 is 2.24. The number of benzene rings is 1. The van der Waals surface area contributed by atoms with Gasteiger partial charge in [-0.1, -0.05) is 49.1 Å². The van der Waals surface area contributed by atoms with E-state index in [1.165, 1.54) is 43.2 Å². The van der Waals surface area contributed by atoms with Crippen molar-refractivity contribution < 1.29 is 0 Å². The molecule has 3 rings (SSSR count). The third-order valence-electron chi connectivity index (χ3n) is 4.31. The average molecular weight is 283 g/mol. The monoisotopic (exact) mass is 283 g/mol. The van der Waals surface area contributed by atoms with Crippen molar-refractivity contribution in [1.82, 2.24) is 9.55 Å². The Hall–Kier alpha value is -1.77. The van der Waals surface area contributed by atoms with Crippen LogP contribution in [0.5, 0.6) is 0 Å². The van der Waals surface area contributed by atoms with Crippen LogP contribution in [0.4, 0.5) is 5.95 Å². The molecule has 0 aliphatic heterocycles.